The largest absolute Gasteiger partial charge is 0.497 e. The molecule has 0 radical (unpaired) electrons. The zero-order chi connectivity index (χ0) is 12.8. The fourth-order valence-corrected chi connectivity index (χ4v) is 2.47. The monoisotopic (exact) mass is 363 g/mol. The first kappa shape index (κ1) is 15.0. The van der Waals surface area contributed by atoms with Gasteiger partial charge in [0, 0.05) is 28.9 Å². The highest BCUT2D eigenvalue weighted by Crippen LogP contribution is 2.24. The Hall–Kier alpha value is -0.0600. The summed E-state index contributed by atoms with van der Waals surface area (Å²) in [6.07, 6.45) is 0. The van der Waals surface area contributed by atoms with Crippen molar-refractivity contribution in [2.24, 2.45) is 0 Å². The summed E-state index contributed by atoms with van der Waals surface area (Å²) >= 11 is 7.09. The Bertz CT molecular complexity index is 355. The first-order chi connectivity index (χ1) is 8.08. The van der Waals surface area contributed by atoms with Crippen molar-refractivity contribution in [3.8, 4) is 5.75 Å². The Morgan fingerprint density at radius 2 is 2.06 bits per heavy atom. The normalized spacial score (nSPS) is 11.2. The zero-order valence-electron chi connectivity index (χ0n) is 10.5. The standard InChI is InChI=1S/C13H19Br2NO/c1-10(2)16(7-6-14)9-11-8-12(17-3)4-5-13(11)15/h4-5,8,10H,6-7,9H2,1-3H3. The number of hydrogen-bond donors (Lipinski definition) is 0. The number of halogens is 2. The van der Waals surface area contributed by atoms with E-state index in [2.05, 4.69) is 56.7 Å². The Labute approximate surface area is 121 Å². The van der Waals surface area contributed by atoms with E-state index < -0.39 is 0 Å². The molecular formula is C13H19Br2NO. The minimum atomic E-state index is 0.533. The van der Waals surface area contributed by atoms with Crippen LogP contribution >= 0.6 is 31.9 Å². The van der Waals surface area contributed by atoms with Crippen molar-refractivity contribution in [3.63, 3.8) is 0 Å². The predicted molar refractivity (Wildman–Crippen MR) is 80.0 cm³/mol. The van der Waals surface area contributed by atoms with Crippen LogP contribution in [0.4, 0.5) is 0 Å². The summed E-state index contributed by atoms with van der Waals surface area (Å²) in [5.41, 5.74) is 1.26. The van der Waals surface area contributed by atoms with Gasteiger partial charge in [0.2, 0.25) is 0 Å². The average molecular weight is 365 g/mol. The lowest BCUT2D eigenvalue weighted by atomic mass is 10.2. The second kappa shape index (κ2) is 7.39. The van der Waals surface area contributed by atoms with Crippen molar-refractivity contribution in [1.82, 2.24) is 4.90 Å². The van der Waals surface area contributed by atoms with Crippen LogP contribution in [0.5, 0.6) is 5.75 Å². The summed E-state index contributed by atoms with van der Waals surface area (Å²) in [4.78, 5) is 2.42. The molecule has 0 fully saturated rings. The van der Waals surface area contributed by atoms with Gasteiger partial charge in [0.05, 0.1) is 7.11 Å². The van der Waals surface area contributed by atoms with Crippen LogP contribution in [-0.2, 0) is 6.54 Å². The van der Waals surface area contributed by atoms with E-state index in [1.54, 1.807) is 7.11 Å². The van der Waals surface area contributed by atoms with E-state index >= 15 is 0 Å². The number of alkyl halides is 1. The maximum Gasteiger partial charge on any atom is 0.119 e. The highest BCUT2D eigenvalue weighted by Gasteiger charge is 2.11. The minimum Gasteiger partial charge on any atom is -0.497 e. The van der Waals surface area contributed by atoms with Crippen molar-refractivity contribution < 1.29 is 4.74 Å². The molecule has 0 amide bonds. The number of rotatable bonds is 6. The van der Waals surface area contributed by atoms with Crippen LogP contribution in [0.1, 0.15) is 19.4 Å². The summed E-state index contributed by atoms with van der Waals surface area (Å²) in [6, 6.07) is 6.64. The summed E-state index contributed by atoms with van der Waals surface area (Å²) in [5, 5.41) is 0.993. The van der Waals surface area contributed by atoms with E-state index in [0.29, 0.717) is 6.04 Å². The van der Waals surface area contributed by atoms with Gasteiger partial charge in [0.25, 0.3) is 0 Å². The molecule has 0 spiro atoms. The Kier molecular flexibility index (Phi) is 6.52. The van der Waals surface area contributed by atoms with Gasteiger partial charge in [0.1, 0.15) is 5.75 Å². The lowest BCUT2D eigenvalue weighted by Crippen LogP contribution is -2.32. The van der Waals surface area contributed by atoms with Gasteiger partial charge in [-0.1, -0.05) is 31.9 Å². The molecule has 2 nitrogen and oxygen atoms in total. The van der Waals surface area contributed by atoms with Gasteiger partial charge in [-0.2, -0.15) is 0 Å². The van der Waals surface area contributed by atoms with Crippen molar-refractivity contribution >= 4 is 31.9 Å². The van der Waals surface area contributed by atoms with Gasteiger partial charge in [0.15, 0.2) is 0 Å². The van der Waals surface area contributed by atoms with Gasteiger partial charge in [-0.15, -0.1) is 0 Å². The summed E-state index contributed by atoms with van der Waals surface area (Å²) in [6.45, 7) is 6.41. The fourth-order valence-electron chi connectivity index (χ4n) is 1.65. The van der Waals surface area contributed by atoms with Crippen molar-refractivity contribution in [2.45, 2.75) is 26.4 Å². The van der Waals surface area contributed by atoms with E-state index in [4.69, 9.17) is 4.74 Å². The Balaban J connectivity index is 2.84. The van der Waals surface area contributed by atoms with Crippen LogP contribution in [0.25, 0.3) is 0 Å². The molecule has 0 aliphatic carbocycles. The second-order valence-corrected chi connectivity index (χ2v) is 5.86. The molecule has 0 aliphatic rings. The average Bonchev–Trinajstić information content (AvgIpc) is 2.31. The molecule has 0 saturated carbocycles. The molecule has 0 N–H and O–H groups in total. The third-order valence-electron chi connectivity index (χ3n) is 2.73. The Morgan fingerprint density at radius 1 is 1.35 bits per heavy atom. The van der Waals surface area contributed by atoms with Crippen molar-refractivity contribution in [3.05, 3.63) is 28.2 Å². The van der Waals surface area contributed by atoms with E-state index in [0.717, 1.165) is 28.6 Å². The molecule has 1 aromatic rings. The molecule has 1 aromatic carbocycles. The molecular weight excluding hydrogens is 346 g/mol. The van der Waals surface area contributed by atoms with Gasteiger partial charge in [-0.3, -0.25) is 4.90 Å². The first-order valence-electron chi connectivity index (χ1n) is 5.71. The highest BCUT2D eigenvalue weighted by molar-refractivity contribution is 9.10. The summed E-state index contributed by atoms with van der Waals surface area (Å²) in [5.74, 6) is 0.908. The van der Waals surface area contributed by atoms with Crippen LogP contribution in [0.15, 0.2) is 22.7 Å². The number of hydrogen-bond acceptors (Lipinski definition) is 2. The van der Waals surface area contributed by atoms with Crippen LogP contribution in [0.3, 0.4) is 0 Å². The lowest BCUT2D eigenvalue weighted by molar-refractivity contribution is 0.227. The van der Waals surface area contributed by atoms with Crippen molar-refractivity contribution in [1.29, 1.82) is 0 Å². The molecule has 0 atom stereocenters. The Morgan fingerprint density at radius 3 is 2.59 bits per heavy atom. The quantitative estimate of drug-likeness (QED) is 0.705. The van der Waals surface area contributed by atoms with E-state index in [9.17, 15) is 0 Å². The summed E-state index contributed by atoms with van der Waals surface area (Å²) < 4.78 is 6.40. The van der Waals surface area contributed by atoms with Gasteiger partial charge in [-0.25, -0.2) is 0 Å². The molecule has 4 heteroatoms. The number of methoxy groups -OCH3 is 1. The topological polar surface area (TPSA) is 12.5 Å². The molecule has 0 heterocycles. The van der Waals surface area contributed by atoms with Crippen molar-refractivity contribution in [2.75, 3.05) is 19.0 Å². The van der Waals surface area contributed by atoms with Gasteiger partial charge >= 0.3 is 0 Å². The molecule has 0 saturated heterocycles. The molecule has 0 aliphatic heterocycles. The van der Waals surface area contributed by atoms with Crippen LogP contribution < -0.4 is 4.74 Å². The number of ether oxygens (including phenoxy) is 1. The third kappa shape index (κ3) is 4.60. The van der Waals surface area contributed by atoms with E-state index in [1.807, 2.05) is 12.1 Å². The fraction of sp³-hybridized carbons (Fsp3) is 0.538. The molecule has 17 heavy (non-hydrogen) atoms. The second-order valence-electron chi connectivity index (χ2n) is 4.21. The molecule has 96 valence electrons. The lowest BCUT2D eigenvalue weighted by Gasteiger charge is -2.26. The van der Waals surface area contributed by atoms with E-state index in [-0.39, 0.29) is 0 Å². The molecule has 0 unspecified atom stereocenters. The molecule has 1 rings (SSSR count). The van der Waals surface area contributed by atoms with Gasteiger partial charge < -0.3 is 4.74 Å². The number of benzene rings is 1. The van der Waals surface area contributed by atoms with E-state index in [1.165, 1.54) is 5.56 Å². The summed E-state index contributed by atoms with van der Waals surface area (Å²) in [7, 11) is 1.70. The zero-order valence-corrected chi connectivity index (χ0v) is 13.7. The van der Waals surface area contributed by atoms with Crippen LogP contribution in [0.2, 0.25) is 0 Å². The maximum atomic E-state index is 5.26. The third-order valence-corrected chi connectivity index (χ3v) is 3.86. The van der Waals surface area contributed by atoms with Gasteiger partial charge in [-0.05, 0) is 37.6 Å². The highest BCUT2D eigenvalue weighted by atomic mass is 79.9. The smallest absolute Gasteiger partial charge is 0.119 e. The first-order valence-corrected chi connectivity index (χ1v) is 7.62. The molecule has 0 aromatic heterocycles. The minimum absolute atomic E-state index is 0.533. The predicted octanol–water partition coefficient (Wildman–Crippen LogP) is 4.06. The number of nitrogens with zero attached hydrogens (tertiary/aromatic N) is 1. The maximum absolute atomic E-state index is 5.26. The molecule has 0 bridgehead atoms. The van der Waals surface area contributed by atoms with Crippen LogP contribution in [-0.4, -0.2) is 29.9 Å². The van der Waals surface area contributed by atoms with Crippen LogP contribution in [0, 0.1) is 0 Å². The SMILES string of the molecule is COc1ccc(Br)c(CN(CCBr)C(C)C)c1.